The van der Waals surface area contributed by atoms with E-state index in [1.54, 1.807) is 6.92 Å². The fraction of sp³-hybridized carbons (Fsp3) is 0.778. The van der Waals surface area contributed by atoms with Gasteiger partial charge in [-0.3, -0.25) is 0 Å². The van der Waals surface area contributed by atoms with Crippen molar-refractivity contribution in [3.8, 4) is 0 Å². The van der Waals surface area contributed by atoms with Crippen LogP contribution in [0.15, 0.2) is 0 Å². The zero-order chi connectivity index (χ0) is 7.70. The van der Waals surface area contributed by atoms with Crippen LogP contribution in [-0.4, -0.2) is 8.80 Å². The third kappa shape index (κ3) is 18.5. The van der Waals surface area contributed by atoms with Gasteiger partial charge in [0.2, 0.25) is 0 Å². The fourth-order valence-corrected chi connectivity index (χ4v) is 2.25. The molecule has 0 saturated carbocycles. The van der Waals surface area contributed by atoms with Gasteiger partial charge < -0.3 is 14.4 Å². The second-order valence-corrected chi connectivity index (χ2v) is 5.43. The Morgan fingerprint density at radius 1 is 0.909 bits per heavy atom. The predicted molar refractivity (Wildman–Crippen MR) is 54.6 cm³/mol. The minimum atomic E-state index is 0. The van der Waals surface area contributed by atoms with Gasteiger partial charge in [-0.1, -0.05) is 38.9 Å². The van der Waals surface area contributed by atoms with E-state index in [1.807, 2.05) is 0 Å². The van der Waals surface area contributed by atoms with Gasteiger partial charge in [0.25, 0.3) is 0 Å². The van der Waals surface area contributed by atoms with Gasteiger partial charge in [-0.25, -0.2) is 0 Å². The van der Waals surface area contributed by atoms with Gasteiger partial charge in [0.1, 0.15) is 0 Å². The average Bonchev–Trinajstić information content (AvgIpc) is 1.96. The zero-order valence-corrected chi connectivity index (χ0v) is 13.6. The maximum absolute atomic E-state index is 3.25. The summed E-state index contributed by atoms with van der Waals surface area (Å²) in [5, 5.41) is 0. The monoisotopic (exact) mass is 300 g/mol. The maximum Gasteiger partial charge on any atom is 0.0470 e. The Bertz CT molecular complexity index is 31.0. The van der Waals surface area contributed by atoms with E-state index in [1.165, 1.54) is 18.1 Å². The summed E-state index contributed by atoms with van der Waals surface area (Å²) >= 11 is 0. The number of hydrogen-bond acceptors (Lipinski definition) is 0. The normalized spacial score (nSPS) is 7.09. The van der Waals surface area contributed by atoms with Crippen molar-refractivity contribution in [2.75, 3.05) is 0 Å². The van der Waals surface area contributed by atoms with Crippen LogP contribution in [0.25, 0.3) is 0 Å². The summed E-state index contributed by atoms with van der Waals surface area (Å²) < 4.78 is 0. The minimum absolute atomic E-state index is 0. The molecular weight excluding hydrogens is 277 g/mol. The molecule has 0 aliphatic heterocycles. The Labute approximate surface area is 109 Å². The Balaban J connectivity index is -0.0000000564. The molecule has 0 fully saturated rings. The van der Waals surface area contributed by atoms with E-state index in [0.29, 0.717) is 0 Å². The van der Waals surface area contributed by atoms with Crippen molar-refractivity contribution in [3.05, 3.63) is 14.4 Å². The standard InChI is InChI=1S/C6H15Si.C2H5.CH3.Pr/c1-4-7(5-2)6-3;1-2;;/h4-6H2,1-3H3;1H2,2H3;1H3;/q;2*-1;. The Morgan fingerprint density at radius 2 is 1.09 bits per heavy atom. The molecule has 11 heavy (non-hydrogen) atoms. The topological polar surface area (TPSA) is 0 Å². The van der Waals surface area contributed by atoms with Crippen LogP contribution in [0.1, 0.15) is 27.7 Å². The molecule has 0 aliphatic rings. The van der Waals surface area contributed by atoms with E-state index in [4.69, 9.17) is 0 Å². The summed E-state index contributed by atoms with van der Waals surface area (Å²) in [5.41, 5.74) is 0. The van der Waals surface area contributed by atoms with Crippen LogP contribution in [0, 0.1) is 55.6 Å². The minimum Gasteiger partial charge on any atom is -0.358 e. The van der Waals surface area contributed by atoms with Crippen molar-refractivity contribution < 1.29 is 41.3 Å². The average molecular weight is 300 g/mol. The molecule has 0 heterocycles. The molecule has 0 amide bonds. The Morgan fingerprint density at radius 3 is 1.09 bits per heavy atom. The van der Waals surface area contributed by atoms with E-state index >= 15 is 0 Å². The maximum atomic E-state index is 3.25. The van der Waals surface area contributed by atoms with Crippen LogP contribution in [0.3, 0.4) is 0 Å². The van der Waals surface area contributed by atoms with Crippen LogP contribution < -0.4 is 0 Å². The largest absolute Gasteiger partial charge is 0.358 e. The van der Waals surface area contributed by atoms with E-state index in [-0.39, 0.29) is 57.5 Å². The first-order valence-corrected chi connectivity index (χ1v) is 6.01. The quantitative estimate of drug-likeness (QED) is 0.549. The molecule has 0 aromatic carbocycles. The molecule has 0 aliphatic carbocycles. The van der Waals surface area contributed by atoms with Crippen molar-refractivity contribution in [1.82, 2.24) is 0 Å². The third-order valence-corrected chi connectivity index (χ3v) is 4.50. The summed E-state index contributed by atoms with van der Waals surface area (Å²) in [6, 6.07) is 4.37. The van der Waals surface area contributed by atoms with E-state index in [9.17, 15) is 0 Å². The molecule has 0 rings (SSSR count). The first kappa shape index (κ1) is 22.9. The van der Waals surface area contributed by atoms with Crippen molar-refractivity contribution in [2.24, 2.45) is 0 Å². The van der Waals surface area contributed by atoms with Crippen LogP contribution in [0.4, 0.5) is 0 Å². The summed E-state index contributed by atoms with van der Waals surface area (Å²) in [7, 11) is 0.137. The Hall–Kier alpha value is 1.58. The number of rotatable bonds is 3. The number of hydrogen-bond donors (Lipinski definition) is 0. The molecule has 2 radical (unpaired) electrons. The summed E-state index contributed by atoms with van der Waals surface area (Å²) in [6.07, 6.45) is 0. The smallest absolute Gasteiger partial charge is 0.0470 e. The molecule has 0 unspecified atom stereocenters. The van der Waals surface area contributed by atoms with Gasteiger partial charge in [-0.05, 0) is 0 Å². The van der Waals surface area contributed by atoms with E-state index < -0.39 is 0 Å². The second kappa shape index (κ2) is 22.6. The molecule has 0 spiro atoms. The Kier molecular flexibility index (Phi) is 47.0. The molecule has 68 valence electrons. The van der Waals surface area contributed by atoms with Gasteiger partial charge in [-0.15, -0.1) is 0 Å². The molecular formula is C9H23PrSi-2. The molecule has 0 aromatic rings. The summed E-state index contributed by atoms with van der Waals surface area (Å²) in [6.45, 7) is 11.9. The van der Waals surface area contributed by atoms with Gasteiger partial charge in [-0.2, -0.15) is 6.92 Å². The fourth-order valence-electron chi connectivity index (χ4n) is 0.750. The first-order chi connectivity index (χ1) is 4.35. The van der Waals surface area contributed by atoms with Gasteiger partial charge >= 0.3 is 0 Å². The molecule has 0 saturated heterocycles. The molecule has 0 atom stereocenters. The van der Waals surface area contributed by atoms with Crippen molar-refractivity contribution in [1.29, 1.82) is 0 Å². The van der Waals surface area contributed by atoms with Crippen LogP contribution in [0.2, 0.25) is 18.1 Å². The first-order valence-electron chi connectivity index (χ1n) is 3.89. The summed E-state index contributed by atoms with van der Waals surface area (Å²) in [4.78, 5) is 0. The molecule has 0 aromatic heterocycles. The molecule has 0 bridgehead atoms. The molecule has 0 N–H and O–H groups in total. The van der Waals surface area contributed by atoms with Crippen LogP contribution in [-0.2, 0) is 0 Å². The molecule has 0 nitrogen and oxygen atoms in total. The van der Waals surface area contributed by atoms with Crippen molar-refractivity contribution in [3.63, 3.8) is 0 Å². The van der Waals surface area contributed by atoms with E-state index in [0.717, 1.165) is 0 Å². The SMILES string of the molecule is CC[Si](CC)CC.[CH2-]C.[CH3-].[Pr]. The van der Waals surface area contributed by atoms with Crippen molar-refractivity contribution in [2.45, 2.75) is 45.8 Å². The van der Waals surface area contributed by atoms with E-state index in [2.05, 4.69) is 27.7 Å². The zero-order valence-electron chi connectivity index (χ0n) is 8.91. The van der Waals surface area contributed by atoms with Crippen molar-refractivity contribution >= 4 is 8.80 Å². The van der Waals surface area contributed by atoms with Gasteiger partial charge in [0, 0.05) is 50.1 Å². The third-order valence-electron chi connectivity index (χ3n) is 1.50. The van der Waals surface area contributed by atoms with Crippen LogP contribution in [0.5, 0.6) is 0 Å². The van der Waals surface area contributed by atoms with Gasteiger partial charge in [0.15, 0.2) is 0 Å². The van der Waals surface area contributed by atoms with Crippen LogP contribution >= 0.6 is 0 Å². The second-order valence-electron chi connectivity index (χ2n) is 1.81. The summed E-state index contributed by atoms with van der Waals surface area (Å²) in [5.74, 6) is 0. The van der Waals surface area contributed by atoms with Gasteiger partial charge in [0.05, 0.1) is 0 Å². The molecule has 2 heteroatoms. The predicted octanol–water partition coefficient (Wildman–Crippen LogP) is 3.83.